The van der Waals surface area contributed by atoms with E-state index < -0.39 is 5.97 Å². The summed E-state index contributed by atoms with van der Waals surface area (Å²) in [6.07, 6.45) is 1.58. The van der Waals surface area contributed by atoms with E-state index in [1.54, 1.807) is 17.6 Å². The minimum atomic E-state index is -0.990. The lowest BCUT2D eigenvalue weighted by atomic mass is 10.5. The van der Waals surface area contributed by atoms with Gasteiger partial charge in [0.2, 0.25) is 5.01 Å². The molecule has 2 rings (SSSR count). The highest BCUT2D eigenvalue weighted by Gasteiger charge is 2.09. The lowest BCUT2D eigenvalue weighted by molar-refractivity contribution is 0.0696. The van der Waals surface area contributed by atoms with Crippen molar-refractivity contribution in [3.8, 4) is 0 Å². The van der Waals surface area contributed by atoms with Gasteiger partial charge in [0.1, 0.15) is 0 Å². The number of thiazole rings is 1. The Hall–Kier alpha value is -1.11. The molecule has 0 unspecified atom stereocenters. The highest BCUT2D eigenvalue weighted by atomic mass is 35.5. The largest absolute Gasteiger partial charge is 0.476 e. The van der Waals surface area contributed by atoms with Crippen LogP contribution in [0.15, 0.2) is 28.7 Å². The first kappa shape index (κ1) is 12.3. The number of hydrogen-bond acceptors (Lipinski definition) is 5. The zero-order valence-corrected chi connectivity index (χ0v) is 10.8. The van der Waals surface area contributed by atoms with Gasteiger partial charge in [-0.15, -0.1) is 23.1 Å². The summed E-state index contributed by atoms with van der Waals surface area (Å²) in [5.41, 5.74) is 0.745. The van der Waals surface area contributed by atoms with Gasteiger partial charge in [-0.3, -0.25) is 0 Å². The van der Waals surface area contributed by atoms with E-state index in [1.807, 2.05) is 6.07 Å². The fraction of sp³-hybridized carbons (Fsp3) is 0.100. The molecule has 2 aromatic heterocycles. The van der Waals surface area contributed by atoms with E-state index in [2.05, 4.69) is 9.97 Å². The van der Waals surface area contributed by atoms with Gasteiger partial charge in [-0.2, -0.15) is 0 Å². The summed E-state index contributed by atoms with van der Waals surface area (Å²) in [5.74, 6) is -0.394. The van der Waals surface area contributed by atoms with E-state index >= 15 is 0 Å². The monoisotopic (exact) mass is 286 g/mol. The molecule has 0 saturated carbocycles. The summed E-state index contributed by atoms with van der Waals surface area (Å²) in [6, 6.07) is 3.58. The summed E-state index contributed by atoms with van der Waals surface area (Å²) in [7, 11) is 0. The molecular formula is C10H7ClN2O2S2. The van der Waals surface area contributed by atoms with Gasteiger partial charge in [0, 0.05) is 17.3 Å². The molecule has 0 aliphatic rings. The molecule has 17 heavy (non-hydrogen) atoms. The van der Waals surface area contributed by atoms with Crippen molar-refractivity contribution < 1.29 is 9.90 Å². The van der Waals surface area contributed by atoms with Gasteiger partial charge in [-0.1, -0.05) is 11.6 Å². The van der Waals surface area contributed by atoms with Crippen molar-refractivity contribution in [3.63, 3.8) is 0 Å². The molecule has 7 heteroatoms. The Labute approximate surface area is 111 Å². The average Bonchev–Trinajstić information content (AvgIpc) is 2.77. The Morgan fingerprint density at radius 2 is 2.35 bits per heavy atom. The lowest BCUT2D eigenvalue weighted by Crippen LogP contribution is -1.95. The zero-order valence-electron chi connectivity index (χ0n) is 8.46. The Morgan fingerprint density at radius 1 is 1.53 bits per heavy atom. The van der Waals surface area contributed by atoms with Gasteiger partial charge in [-0.25, -0.2) is 14.8 Å². The van der Waals surface area contributed by atoms with Crippen LogP contribution in [-0.4, -0.2) is 21.0 Å². The number of carboxylic acid groups (broad SMARTS) is 1. The second-order valence-electron chi connectivity index (χ2n) is 3.05. The maximum atomic E-state index is 10.6. The Bertz CT molecular complexity index is 527. The Morgan fingerprint density at radius 3 is 2.94 bits per heavy atom. The topological polar surface area (TPSA) is 63.1 Å². The van der Waals surface area contributed by atoms with Crippen LogP contribution in [0.25, 0.3) is 0 Å². The van der Waals surface area contributed by atoms with E-state index in [4.69, 9.17) is 16.7 Å². The third-order valence-electron chi connectivity index (χ3n) is 1.80. The number of carbonyl (C=O) groups is 1. The van der Waals surface area contributed by atoms with Crippen LogP contribution in [0.2, 0.25) is 5.02 Å². The van der Waals surface area contributed by atoms with Gasteiger partial charge in [0.15, 0.2) is 0 Å². The maximum Gasteiger partial charge on any atom is 0.365 e. The van der Waals surface area contributed by atoms with Crippen molar-refractivity contribution in [3.05, 3.63) is 39.4 Å². The van der Waals surface area contributed by atoms with Crippen molar-refractivity contribution in [2.24, 2.45) is 0 Å². The predicted octanol–water partition coefficient (Wildman–Crippen LogP) is 3.18. The number of pyridine rings is 1. The molecule has 4 nitrogen and oxygen atoms in total. The summed E-state index contributed by atoms with van der Waals surface area (Å²) >= 11 is 8.34. The van der Waals surface area contributed by atoms with E-state index in [-0.39, 0.29) is 5.01 Å². The fourth-order valence-corrected chi connectivity index (χ4v) is 2.67. The first-order valence-electron chi connectivity index (χ1n) is 4.57. The van der Waals surface area contributed by atoms with Crippen LogP contribution < -0.4 is 0 Å². The van der Waals surface area contributed by atoms with Crippen molar-refractivity contribution in [1.82, 2.24) is 9.97 Å². The SMILES string of the molecule is O=C(O)c1nc(CSc2ccc(Cl)cn2)cs1. The van der Waals surface area contributed by atoms with Crippen molar-refractivity contribution >= 4 is 40.7 Å². The highest BCUT2D eigenvalue weighted by molar-refractivity contribution is 7.98. The summed E-state index contributed by atoms with van der Waals surface area (Å²) in [5, 5.41) is 12.0. The lowest BCUT2D eigenvalue weighted by Gasteiger charge is -1.97. The number of thioether (sulfide) groups is 1. The number of halogens is 1. The van der Waals surface area contributed by atoms with Crippen molar-refractivity contribution in [2.75, 3.05) is 0 Å². The van der Waals surface area contributed by atoms with Gasteiger partial charge in [0.25, 0.3) is 0 Å². The van der Waals surface area contributed by atoms with Crippen LogP contribution in [0.1, 0.15) is 15.5 Å². The van der Waals surface area contributed by atoms with Crippen LogP contribution in [-0.2, 0) is 5.75 Å². The van der Waals surface area contributed by atoms with Crippen LogP contribution in [0.4, 0.5) is 0 Å². The minimum Gasteiger partial charge on any atom is -0.476 e. The number of nitrogens with zero attached hydrogens (tertiary/aromatic N) is 2. The number of aromatic carboxylic acids is 1. The van der Waals surface area contributed by atoms with E-state index in [0.717, 1.165) is 22.1 Å². The molecule has 2 heterocycles. The highest BCUT2D eigenvalue weighted by Crippen LogP contribution is 2.22. The molecule has 0 saturated heterocycles. The predicted molar refractivity (Wildman–Crippen MR) is 67.9 cm³/mol. The van der Waals surface area contributed by atoms with E-state index in [9.17, 15) is 4.79 Å². The molecule has 0 spiro atoms. The molecule has 0 aromatic carbocycles. The van der Waals surface area contributed by atoms with Gasteiger partial charge in [0.05, 0.1) is 15.7 Å². The molecular weight excluding hydrogens is 280 g/mol. The zero-order chi connectivity index (χ0) is 12.3. The second kappa shape index (κ2) is 5.48. The molecule has 0 atom stereocenters. The maximum absolute atomic E-state index is 10.6. The van der Waals surface area contributed by atoms with Gasteiger partial charge >= 0.3 is 5.97 Å². The van der Waals surface area contributed by atoms with E-state index in [1.165, 1.54) is 11.8 Å². The first-order valence-corrected chi connectivity index (χ1v) is 6.81. The van der Waals surface area contributed by atoms with Crippen molar-refractivity contribution in [2.45, 2.75) is 10.8 Å². The van der Waals surface area contributed by atoms with Crippen molar-refractivity contribution in [1.29, 1.82) is 0 Å². The molecule has 1 N–H and O–H groups in total. The number of carboxylic acids is 1. The number of hydrogen-bond donors (Lipinski definition) is 1. The molecule has 0 amide bonds. The van der Waals surface area contributed by atoms with Crippen LogP contribution in [0.5, 0.6) is 0 Å². The minimum absolute atomic E-state index is 0.115. The molecule has 0 aliphatic carbocycles. The fourth-order valence-electron chi connectivity index (χ4n) is 1.07. The quantitative estimate of drug-likeness (QED) is 0.875. The molecule has 0 fully saturated rings. The molecule has 0 aliphatic heterocycles. The van der Waals surface area contributed by atoms with Crippen LogP contribution >= 0.6 is 34.7 Å². The molecule has 88 valence electrons. The second-order valence-corrected chi connectivity index (χ2v) is 5.34. The number of aromatic nitrogens is 2. The summed E-state index contributed by atoms with van der Waals surface area (Å²) in [4.78, 5) is 18.8. The summed E-state index contributed by atoms with van der Waals surface area (Å²) in [6.45, 7) is 0. The molecule has 0 bridgehead atoms. The number of rotatable bonds is 4. The van der Waals surface area contributed by atoms with Gasteiger partial charge < -0.3 is 5.11 Å². The van der Waals surface area contributed by atoms with Crippen LogP contribution in [0, 0.1) is 0 Å². The third-order valence-corrected chi connectivity index (χ3v) is 3.88. The van der Waals surface area contributed by atoms with Gasteiger partial charge in [-0.05, 0) is 12.1 Å². The average molecular weight is 287 g/mol. The Kier molecular flexibility index (Phi) is 3.98. The van der Waals surface area contributed by atoms with Crippen LogP contribution in [0.3, 0.4) is 0 Å². The Balaban J connectivity index is 1.97. The first-order chi connectivity index (χ1) is 8.15. The molecule has 0 radical (unpaired) electrons. The normalized spacial score (nSPS) is 10.4. The molecule has 2 aromatic rings. The smallest absolute Gasteiger partial charge is 0.365 e. The standard InChI is InChI=1S/C10H7ClN2O2S2/c11-6-1-2-8(12-3-6)16-4-7-5-17-9(13-7)10(14)15/h1-3,5H,4H2,(H,14,15). The third kappa shape index (κ3) is 3.42. The summed E-state index contributed by atoms with van der Waals surface area (Å²) < 4.78 is 0. The van der Waals surface area contributed by atoms with E-state index in [0.29, 0.717) is 10.8 Å².